The highest BCUT2D eigenvalue weighted by Gasteiger charge is 2.24. The van der Waals surface area contributed by atoms with Gasteiger partial charge < -0.3 is 44.4 Å². The third kappa shape index (κ3) is 15.7. The van der Waals surface area contributed by atoms with Crippen LogP contribution in [0.25, 0.3) is 0 Å². The van der Waals surface area contributed by atoms with Crippen molar-refractivity contribution in [3.63, 3.8) is 0 Å². The lowest BCUT2D eigenvalue weighted by Crippen LogP contribution is -2.33. The van der Waals surface area contributed by atoms with Crippen LogP contribution in [-0.2, 0) is 57.2 Å². The minimum Gasteiger partial charge on any atom is -0.377 e. The number of nitrogens with zero attached hydrogens (tertiary/aromatic N) is 3. The minimum atomic E-state index is -0.566. The molecule has 0 spiro atoms. The molecule has 3 aliphatic rings. The zero-order chi connectivity index (χ0) is 43.1. The number of nitrogens with one attached hydrogen (secondary N) is 3. The molecule has 0 unspecified atom stereocenters. The van der Waals surface area contributed by atoms with Crippen molar-refractivity contribution in [3.05, 3.63) is 71.3 Å². The first-order valence-corrected chi connectivity index (χ1v) is 19.1. The molecule has 0 radical (unpaired) electrons. The van der Waals surface area contributed by atoms with Gasteiger partial charge in [0.05, 0.1) is 98.9 Å². The molecule has 0 fully saturated rings. The fourth-order valence-corrected chi connectivity index (χ4v) is 5.43. The molecule has 9 amide bonds. The molecular weight excluding hydrogens is 792 g/mol. The predicted octanol–water partition coefficient (Wildman–Crippen LogP) is -2.25. The van der Waals surface area contributed by atoms with Crippen molar-refractivity contribution in [3.8, 4) is 0 Å². The van der Waals surface area contributed by atoms with Gasteiger partial charge in [-0.05, 0) is 18.2 Å². The second-order valence-electron chi connectivity index (χ2n) is 12.7. The summed E-state index contributed by atoms with van der Waals surface area (Å²) in [6.45, 7) is 2.57. The van der Waals surface area contributed by atoms with E-state index in [1.54, 1.807) is 0 Å². The van der Waals surface area contributed by atoms with Gasteiger partial charge in [-0.1, -0.05) is 0 Å². The summed E-state index contributed by atoms with van der Waals surface area (Å²) in [5.41, 5.74) is 0.124. The normalized spacial score (nSPS) is 14.7. The zero-order valence-electron chi connectivity index (χ0n) is 32.9. The molecule has 1 aromatic rings. The van der Waals surface area contributed by atoms with Crippen LogP contribution in [0, 0.1) is 0 Å². The Hall–Kier alpha value is -5.97. The van der Waals surface area contributed by atoms with E-state index in [-0.39, 0.29) is 135 Å². The van der Waals surface area contributed by atoms with Gasteiger partial charge in [0, 0.05) is 72.8 Å². The number of imide groups is 3. The van der Waals surface area contributed by atoms with E-state index in [1.807, 2.05) is 0 Å². The maximum atomic E-state index is 13.1. The zero-order valence-corrected chi connectivity index (χ0v) is 32.9. The fourth-order valence-electron chi connectivity index (χ4n) is 5.43. The average molecular weight is 841 g/mol. The van der Waals surface area contributed by atoms with Gasteiger partial charge in [0.2, 0.25) is 0 Å². The number of carbonyl (C=O) groups excluding carboxylic acids is 9. The molecule has 1 aromatic carbocycles. The molecule has 0 saturated carbocycles. The standard InChI is InChI=1S/C39H48N6O15/c46-31-1-2-32(47)43(31)10-16-58-22-19-55-13-7-40-37(52)28-25-29(38(53)41-8-14-56-20-23-59-17-11-44-33(48)3-4-34(44)49)27-30(26-28)39(54)42-9-15-57-21-24-60-18-12-45-35(50)5-6-36(45)51/h1-6,25-27H,7-24H2,(H,40,52)(H,41,53)(H,42,54). The number of ether oxygens (including phenoxy) is 6. The predicted molar refractivity (Wildman–Crippen MR) is 206 cm³/mol. The Morgan fingerprint density at radius 2 is 0.567 bits per heavy atom. The molecule has 3 aliphatic heterocycles. The highest BCUT2D eigenvalue weighted by molar-refractivity contribution is 6.14. The Morgan fingerprint density at radius 1 is 0.350 bits per heavy atom. The number of amides is 9. The Morgan fingerprint density at radius 3 is 0.800 bits per heavy atom. The summed E-state index contributed by atoms with van der Waals surface area (Å²) < 4.78 is 32.6. The van der Waals surface area contributed by atoms with Crippen LogP contribution in [-0.4, -0.2) is 186 Å². The molecule has 0 aliphatic carbocycles. The number of hydrogen-bond acceptors (Lipinski definition) is 15. The quantitative estimate of drug-likeness (QED) is 0.0547. The monoisotopic (exact) mass is 840 g/mol. The molecule has 0 atom stereocenters. The van der Waals surface area contributed by atoms with Gasteiger partial charge in [0.15, 0.2) is 0 Å². The topological polar surface area (TPSA) is 255 Å². The summed E-state index contributed by atoms with van der Waals surface area (Å²) in [6, 6.07) is 4.03. The van der Waals surface area contributed by atoms with E-state index in [4.69, 9.17) is 28.4 Å². The van der Waals surface area contributed by atoms with Crippen LogP contribution >= 0.6 is 0 Å². The van der Waals surface area contributed by atoms with Crippen LogP contribution in [0.15, 0.2) is 54.7 Å². The number of hydrogen-bond donors (Lipinski definition) is 3. The molecule has 60 heavy (non-hydrogen) atoms. The first-order valence-electron chi connectivity index (χ1n) is 19.1. The van der Waals surface area contributed by atoms with Gasteiger partial charge in [-0.25, -0.2) is 0 Å². The van der Waals surface area contributed by atoms with Crippen molar-refractivity contribution in [1.82, 2.24) is 30.7 Å². The van der Waals surface area contributed by atoms with E-state index in [0.717, 1.165) is 14.7 Å². The molecule has 0 saturated heterocycles. The summed E-state index contributed by atoms with van der Waals surface area (Å²) in [7, 11) is 0. The average Bonchev–Trinajstić information content (AvgIpc) is 3.87. The van der Waals surface area contributed by atoms with E-state index in [2.05, 4.69) is 16.0 Å². The van der Waals surface area contributed by atoms with Crippen LogP contribution in [0.5, 0.6) is 0 Å². The van der Waals surface area contributed by atoms with Gasteiger partial charge in [0.25, 0.3) is 53.2 Å². The number of carbonyl (C=O) groups is 9. The van der Waals surface area contributed by atoms with Gasteiger partial charge in [-0.2, -0.15) is 0 Å². The highest BCUT2D eigenvalue weighted by atomic mass is 16.5. The van der Waals surface area contributed by atoms with E-state index >= 15 is 0 Å². The van der Waals surface area contributed by atoms with Gasteiger partial charge >= 0.3 is 0 Å². The molecule has 324 valence electrons. The molecule has 21 heteroatoms. The van der Waals surface area contributed by atoms with Crippen LogP contribution in [0.4, 0.5) is 0 Å². The summed E-state index contributed by atoms with van der Waals surface area (Å²) in [4.78, 5) is 112. The third-order valence-corrected chi connectivity index (χ3v) is 8.51. The van der Waals surface area contributed by atoms with Crippen molar-refractivity contribution in [2.24, 2.45) is 0 Å². The van der Waals surface area contributed by atoms with Crippen LogP contribution in [0.1, 0.15) is 31.1 Å². The SMILES string of the molecule is O=C(NCCOCCOCCN1C(=O)C=CC1=O)c1cc(C(=O)NCCOCCOCCN2C(=O)C=CC2=O)cc(C(=O)NCCOCCOCCN2C(=O)C=CC2=O)c1. The van der Waals surface area contributed by atoms with Crippen molar-refractivity contribution in [1.29, 1.82) is 0 Å². The van der Waals surface area contributed by atoms with Crippen molar-refractivity contribution in [2.45, 2.75) is 0 Å². The molecule has 21 nitrogen and oxygen atoms in total. The Balaban J connectivity index is 1.16. The molecule has 4 rings (SSSR count). The van der Waals surface area contributed by atoms with Gasteiger partial charge in [-0.3, -0.25) is 57.9 Å². The first-order chi connectivity index (χ1) is 29.0. The smallest absolute Gasteiger partial charge is 0.253 e. The molecule has 0 aromatic heterocycles. The fraction of sp³-hybridized carbons (Fsp3) is 0.462. The first kappa shape index (κ1) is 46.7. The second-order valence-corrected chi connectivity index (χ2v) is 12.7. The lowest BCUT2D eigenvalue weighted by Gasteiger charge is -2.14. The van der Waals surface area contributed by atoms with E-state index in [0.29, 0.717) is 0 Å². The number of benzene rings is 1. The maximum Gasteiger partial charge on any atom is 0.253 e. The second kappa shape index (κ2) is 25.5. The maximum absolute atomic E-state index is 13.1. The van der Waals surface area contributed by atoms with Crippen LogP contribution < -0.4 is 16.0 Å². The molecule has 3 heterocycles. The van der Waals surface area contributed by atoms with Crippen LogP contribution in [0.3, 0.4) is 0 Å². The summed E-state index contributed by atoms with van der Waals surface area (Å²) >= 11 is 0. The largest absolute Gasteiger partial charge is 0.377 e. The lowest BCUT2D eigenvalue weighted by atomic mass is 10.0. The van der Waals surface area contributed by atoms with Gasteiger partial charge in [-0.15, -0.1) is 0 Å². The lowest BCUT2D eigenvalue weighted by molar-refractivity contribution is -0.139. The van der Waals surface area contributed by atoms with Gasteiger partial charge in [0.1, 0.15) is 0 Å². The Kier molecular flexibility index (Phi) is 19.9. The Bertz CT molecular complexity index is 1560. The summed E-state index contributed by atoms with van der Waals surface area (Å²) in [5.74, 6) is -4.05. The Labute approximate surface area is 344 Å². The van der Waals surface area contributed by atoms with Crippen molar-refractivity contribution >= 4 is 53.2 Å². The minimum absolute atomic E-state index is 0.0413. The molecular formula is C39H48N6O15. The summed E-state index contributed by atoms with van der Waals surface area (Å²) in [5, 5.41) is 8.05. The van der Waals surface area contributed by atoms with E-state index in [1.165, 1.54) is 54.7 Å². The van der Waals surface area contributed by atoms with E-state index in [9.17, 15) is 43.2 Å². The van der Waals surface area contributed by atoms with Crippen molar-refractivity contribution in [2.75, 3.05) is 119 Å². The molecule has 0 bridgehead atoms. The third-order valence-electron chi connectivity index (χ3n) is 8.51. The van der Waals surface area contributed by atoms with Crippen molar-refractivity contribution < 1.29 is 71.6 Å². The number of rotatable bonds is 30. The molecule has 3 N–H and O–H groups in total. The summed E-state index contributed by atoms with van der Waals surface area (Å²) in [6.07, 6.45) is 7.17. The van der Waals surface area contributed by atoms with Crippen LogP contribution in [0.2, 0.25) is 0 Å². The highest BCUT2D eigenvalue weighted by Crippen LogP contribution is 2.12. The van der Waals surface area contributed by atoms with E-state index < -0.39 is 53.2 Å².